The van der Waals surface area contributed by atoms with E-state index in [9.17, 15) is 9.59 Å². The largest absolute Gasteiger partial charge is 0.467 e. The van der Waals surface area contributed by atoms with Gasteiger partial charge in [0.05, 0.1) is 13.2 Å². The van der Waals surface area contributed by atoms with Crippen LogP contribution >= 0.6 is 11.6 Å². The minimum absolute atomic E-state index is 0.0663. The highest BCUT2D eigenvalue weighted by Gasteiger charge is 2.25. The van der Waals surface area contributed by atoms with Crippen molar-refractivity contribution in [1.29, 1.82) is 0 Å². The van der Waals surface area contributed by atoms with Crippen LogP contribution in [0.4, 0.5) is 0 Å². The van der Waals surface area contributed by atoms with Crippen LogP contribution in [0.1, 0.15) is 47.7 Å². The molecule has 0 aliphatic rings. The molecule has 1 heterocycles. The Morgan fingerprint density at radius 2 is 2.04 bits per heavy atom. The number of hydrogen-bond acceptors (Lipinski definition) is 6. The fourth-order valence-electron chi connectivity index (χ4n) is 2.42. The number of nitrogens with zero attached hydrogens (tertiary/aromatic N) is 1. The summed E-state index contributed by atoms with van der Waals surface area (Å²) in [7, 11) is 1.27. The monoisotopic (exact) mass is 379 g/mol. The number of nitrogens with one attached hydrogen (secondary N) is 1. The van der Waals surface area contributed by atoms with Crippen LogP contribution in [-0.2, 0) is 16.0 Å². The summed E-state index contributed by atoms with van der Waals surface area (Å²) in [5.74, 6) is -0.794. The van der Waals surface area contributed by atoms with E-state index < -0.39 is 17.9 Å². The van der Waals surface area contributed by atoms with Crippen molar-refractivity contribution in [2.45, 2.75) is 38.3 Å². The minimum atomic E-state index is -0.863. The van der Waals surface area contributed by atoms with Gasteiger partial charge in [0.25, 0.3) is 5.91 Å². The number of carbonyl (C=O) groups is 2. The van der Waals surface area contributed by atoms with Gasteiger partial charge in [0.1, 0.15) is 12.3 Å². The van der Waals surface area contributed by atoms with Gasteiger partial charge in [-0.15, -0.1) is 0 Å². The molecule has 2 rings (SSSR count). The molecule has 0 bridgehead atoms. The van der Waals surface area contributed by atoms with Gasteiger partial charge in [0, 0.05) is 11.4 Å². The zero-order valence-electron chi connectivity index (χ0n) is 14.7. The first-order valence-electron chi connectivity index (χ1n) is 8.28. The van der Waals surface area contributed by atoms with Crippen LogP contribution < -0.4 is 11.1 Å². The minimum Gasteiger partial charge on any atom is -0.467 e. The number of rotatable bonds is 8. The molecule has 1 aromatic heterocycles. The Hall–Kier alpha value is -2.38. The highest BCUT2D eigenvalue weighted by atomic mass is 35.5. The van der Waals surface area contributed by atoms with Gasteiger partial charge in [-0.1, -0.05) is 37.1 Å². The number of oxazole rings is 1. The summed E-state index contributed by atoms with van der Waals surface area (Å²) in [6, 6.07) is 5.76. The van der Waals surface area contributed by atoms with E-state index in [0.29, 0.717) is 17.3 Å². The number of aromatic nitrogens is 1. The third-order valence-electron chi connectivity index (χ3n) is 3.82. The zero-order valence-corrected chi connectivity index (χ0v) is 15.5. The molecule has 7 nitrogen and oxygen atoms in total. The van der Waals surface area contributed by atoms with Crippen LogP contribution in [0.2, 0.25) is 5.02 Å². The standard InChI is InChI=1S/C18H22ClN3O4/c1-3-4-13(20)17-22-15(10-26-17)16(23)21-14(18(24)25-2)9-11-5-7-12(19)8-6-11/h5-8,10,13-14H,3-4,9,20H2,1-2H3,(H,21,23). The number of hydrogen-bond donors (Lipinski definition) is 2. The Kier molecular flexibility index (Phi) is 7.17. The predicted octanol–water partition coefficient (Wildman–Crippen LogP) is 2.64. The molecule has 2 unspecified atom stereocenters. The highest BCUT2D eigenvalue weighted by molar-refractivity contribution is 6.30. The highest BCUT2D eigenvalue weighted by Crippen LogP contribution is 2.16. The van der Waals surface area contributed by atoms with Crippen molar-refractivity contribution in [3.63, 3.8) is 0 Å². The SMILES string of the molecule is CCCC(N)c1nc(C(=O)NC(Cc2ccc(Cl)cc2)C(=O)OC)co1. The number of carbonyl (C=O) groups excluding carboxylic acids is 2. The van der Waals surface area contributed by atoms with Crippen LogP contribution in [-0.4, -0.2) is 30.0 Å². The molecule has 0 aliphatic carbocycles. The van der Waals surface area contributed by atoms with Gasteiger partial charge in [-0.25, -0.2) is 9.78 Å². The Morgan fingerprint density at radius 3 is 2.65 bits per heavy atom. The molecule has 0 saturated carbocycles. The van der Waals surface area contributed by atoms with Crippen molar-refractivity contribution < 1.29 is 18.7 Å². The first-order chi connectivity index (χ1) is 12.4. The number of ether oxygens (including phenoxy) is 1. The van der Waals surface area contributed by atoms with Crippen LogP contribution in [0.5, 0.6) is 0 Å². The molecular formula is C18H22ClN3O4. The molecule has 1 aromatic carbocycles. The third kappa shape index (κ3) is 5.31. The fraction of sp³-hybridized carbons (Fsp3) is 0.389. The van der Waals surface area contributed by atoms with Crippen molar-refractivity contribution in [2.24, 2.45) is 5.73 Å². The van der Waals surface area contributed by atoms with Gasteiger partial charge in [-0.05, 0) is 24.1 Å². The van der Waals surface area contributed by atoms with E-state index in [1.807, 2.05) is 6.92 Å². The van der Waals surface area contributed by atoms with Gasteiger partial charge < -0.3 is 20.2 Å². The Morgan fingerprint density at radius 1 is 1.35 bits per heavy atom. The van der Waals surface area contributed by atoms with E-state index >= 15 is 0 Å². The van der Waals surface area contributed by atoms with E-state index in [4.69, 9.17) is 26.5 Å². The number of methoxy groups -OCH3 is 1. The summed E-state index contributed by atoms with van der Waals surface area (Å²) in [6.45, 7) is 1.99. The second-order valence-electron chi connectivity index (χ2n) is 5.85. The van der Waals surface area contributed by atoms with E-state index in [1.165, 1.54) is 13.4 Å². The number of esters is 1. The molecule has 8 heteroatoms. The molecule has 26 heavy (non-hydrogen) atoms. The van der Waals surface area contributed by atoms with Gasteiger partial charge in [-0.3, -0.25) is 4.79 Å². The maximum absolute atomic E-state index is 12.4. The molecule has 2 aromatic rings. The molecule has 2 atom stereocenters. The van der Waals surface area contributed by atoms with Crippen LogP contribution in [0.15, 0.2) is 34.9 Å². The van der Waals surface area contributed by atoms with E-state index in [1.54, 1.807) is 24.3 Å². The average molecular weight is 380 g/mol. The number of benzene rings is 1. The maximum atomic E-state index is 12.4. The van der Waals surface area contributed by atoms with Gasteiger partial charge >= 0.3 is 5.97 Å². The number of amides is 1. The molecule has 0 aliphatic heterocycles. The quantitative estimate of drug-likeness (QED) is 0.682. The van der Waals surface area contributed by atoms with Crippen LogP contribution in [0.25, 0.3) is 0 Å². The number of halogens is 1. The predicted molar refractivity (Wildman–Crippen MR) is 96.8 cm³/mol. The third-order valence-corrected chi connectivity index (χ3v) is 4.07. The van der Waals surface area contributed by atoms with E-state index in [0.717, 1.165) is 12.0 Å². The first kappa shape index (κ1) is 19.9. The molecule has 0 spiro atoms. The van der Waals surface area contributed by atoms with Gasteiger partial charge in [0.15, 0.2) is 5.69 Å². The van der Waals surface area contributed by atoms with Crippen molar-refractivity contribution in [1.82, 2.24) is 10.3 Å². The topological polar surface area (TPSA) is 107 Å². The van der Waals surface area contributed by atoms with Crippen molar-refractivity contribution >= 4 is 23.5 Å². The summed E-state index contributed by atoms with van der Waals surface area (Å²) in [5.41, 5.74) is 6.83. The Balaban J connectivity index is 2.08. The summed E-state index contributed by atoms with van der Waals surface area (Å²) >= 11 is 5.86. The molecule has 3 N–H and O–H groups in total. The van der Waals surface area contributed by atoms with E-state index in [-0.39, 0.29) is 18.2 Å². The van der Waals surface area contributed by atoms with Crippen LogP contribution in [0, 0.1) is 0 Å². The summed E-state index contributed by atoms with van der Waals surface area (Å²) < 4.78 is 10.0. The van der Waals surface area contributed by atoms with Crippen molar-refractivity contribution in [3.8, 4) is 0 Å². The molecule has 0 radical (unpaired) electrons. The lowest BCUT2D eigenvalue weighted by Gasteiger charge is -2.16. The lowest BCUT2D eigenvalue weighted by Crippen LogP contribution is -2.43. The van der Waals surface area contributed by atoms with Gasteiger partial charge in [-0.2, -0.15) is 0 Å². The molecule has 140 valence electrons. The molecule has 0 saturated heterocycles. The summed E-state index contributed by atoms with van der Waals surface area (Å²) in [5, 5.41) is 3.21. The van der Waals surface area contributed by atoms with E-state index in [2.05, 4.69) is 10.3 Å². The van der Waals surface area contributed by atoms with Crippen molar-refractivity contribution in [3.05, 3.63) is 52.7 Å². The normalized spacial score (nSPS) is 13.1. The number of nitrogens with two attached hydrogens (primary N) is 1. The lowest BCUT2D eigenvalue weighted by atomic mass is 10.1. The summed E-state index contributed by atoms with van der Waals surface area (Å²) in [6.07, 6.45) is 3.06. The summed E-state index contributed by atoms with van der Waals surface area (Å²) in [4.78, 5) is 28.5. The Labute approximate surface area is 156 Å². The molecular weight excluding hydrogens is 358 g/mol. The first-order valence-corrected chi connectivity index (χ1v) is 8.66. The maximum Gasteiger partial charge on any atom is 0.328 e. The second kappa shape index (κ2) is 9.35. The second-order valence-corrected chi connectivity index (χ2v) is 6.28. The van der Waals surface area contributed by atoms with Crippen LogP contribution in [0.3, 0.4) is 0 Å². The smallest absolute Gasteiger partial charge is 0.328 e. The average Bonchev–Trinajstić information content (AvgIpc) is 3.13. The molecule has 0 fully saturated rings. The molecule has 1 amide bonds. The Bertz CT molecular complexity index is 745. The zero-order chi connectivity index (χ0) is 19.1. The fourth-order valence-corrected chi connectivity index (χ4v) is 2.55. The van der Waals surface area contributed by atoms with Gasteiger partial charge in [0.2, 0.25) is 5.89 Å². The lowest BCUT2D eigenvalue weighted by molar-refractivity contribution is -0.142. The van der Waals surface area contributed by atoms with Crippen molar-refractivity contribution in [2.75, 3.05) is 7.11 Å².